The van der Waals surface area contributed by atoms with E-state index in [9.17, 15) is 0 Å². The van der Waals surface area contributed by atoms with E-state index in [1.54, 1.807) is 14.2 Å². The number of nitrogens with zero attached hydrogens (tertiary/aromatic N) is 1. The maximum Gasteiger partial charge on any atom is 0.159 e. The fourth-order valence-corrected chi connectivity index (χ4v) is 3.23. The molecule has 1 aromatic rings. The summed E-state index contributed by atoms with van der Waals surface area (Å²) < 4.78 is 16.5. The summed E-state index contributed by atoms with van der Waals surface area (Å²) in [6.45, 7) is 3.68. The van der Waals surface area contributed by atoms with Crippen molar-refractivity contribution in [2.24, 2.45) is 5.92 Å². The number of benzene rings is 1. The Balaban J connectivity index is 1.64. The van der Waals surface area contributed by atoms with Crippen molar-refractivity contribution in [1.29, 1.82) is 0 Å². The van der Waals surface area contributed by atoms with E-state index in [4.69, 9.17) is 14.2 Å². The van der Waals surface area contributed by atoms with E-state index in [-0.39, 0.29) is 6.29 Å². The van der Waals surface area contributed by atoms with Crippen LogP contribution in [0.5, 0.6) is 5.75 Å². The largest absolute Gasteiger partial charge is 0.490 e. The molecule has 2 aliphatic heterocycles. The van der Waals surface area contributed by atoms with Gasteiger partial charge in [-0.3, -0.25) is 0 Å². The maximum absolute atomic E-state index is 5.72. The van der Waals surface area contributed by atoms with Crippen molar-refractivity contribution in [3.8, 4) is 5.75 Å². The van der Waals surface area contributed by atoms with Gasteiger partial charge in [-0.1, -0.05) is 0 Å². The molecule has 0 amide bonds. The molecule has 3 rings (SSSR count). The van der Waals surface area contributed by atoms with Gasteiger partial charge in [-0.25, -0.2) is 0 Å². The molecule has 1 N–H and O–H groups in total. The Hall–Kier alpha value is -1.46. The Labute approximate surface area is 126 Å². The highest BCUT2D eigenvalue weighted by atomic mass is 16.7. The lowest BCUT2D eigenvalue weighted by Gasteiger charge is -2.36. The third-order valence-corrected chi connectivity index (χ3v) is 4.39. The minimum absolute atomic E-state index is 0.0804. The first-order valence-electron chi connectivity index (χ1n) is 7.63. The molecule has 0 aliphatic carbocycles. The predicted octanol–water partition coefficient (Wildman–Crippen LogP) is 2.33. The third-order valence-electron chi connectivity index (χ3n) is 4.39. The molecule has 0 saturated carbocycles. The van der Waals surface area contributed by atoms with Crippen LogP contribution in [0.2, 0.25) is 0 Å². The molecule has 0 radical (unpaired) electrons. The molecule has 0 aromatic heterocycles. The van der Waals surface area contributed by atoms with E-state index in [0.717, 1.165) is 50.5 Å². The molecule has 5 nitrogen and oxygen atoms in total. The van der Waals surface area contributed by atoms with Crippen molar-refractivity contribution >= 4 is 11.4 Å². The maximum atomic E-state index is 5.72. The summed E-state index contributed by atoms with van der Waals surface area (Å²) in [6.07, 6.45) is 2.09. The van der Waals surface area contributed by atoms with Crippen LogP contribution in [0.15, 0.2) is 18.2 Å². The van der Waals surface area contributed by atoms with Gasteiger partial charge in [0.05, 0.1) is 5.69 Å². The minimum atomic E-state index is -0.0804. The highest BCUT2D eigenvalue weighted by molar-refractivity contribution is 5.65. The molecule has 1 aromatic carbocycles. The summed E-state index contributed by atoms with van der Waals surface area (Å²) in [7, 11) is 3.43. The number of nitrogens with one attached hydrogen (secondary N) is 1. The highest BCUT2D eigenvalue weighted by Gasteiger charge is 2.27. The van der Waals surface area contributed by atoms with Crippen molar-refractivity contribution in [1.82, 2.24) is 0 Å². The summed E-state index contributed by atoms with van der Waals surface area (Å²) in [5, 5.41) is 3.35. The van der Waals surface area contributed by atoms with Crippen LogP contribution in [0.25, 0.3) is 0 Å². The Morgan fingerprint density at radius 1 is 1.24 bits per heavy atom. The number of anilines is 2. The normalized spacial score (nSPS) is 19.1. The van der Waals surface area contributed by atoms with Crippen molar-refractivity contribution < 1.29 is 14.2 Å². The van der Waals surface area contributed by atoms with Gasteiger partial charge in [0, 0.05) is 51.5 Å². The monoisotopic (exact) mass is 292 g/mol. The lowest BCUT2D eigenvalue weighted by Crippen LogP contribution is -2.39. The molecule has 1 fully saturated rings. The van der Waals surface area contributed by atoms with Crippen molar-refractivity contribution in [3.63, 3.8) is 0 Å². The molecule has 0 atom stereocenters. The fraction of sp³-hybridized carbons (Fsp3) is 0.625. The molecule has 0 unspecified atom stereocenters. The molecule has 0 bridgehead atoms. The number of piperidine rings is 1. The summed E-state index contributed by atoms with van der Waals surface area (Å²) in [5.41, 5.74) is 2.33. The quantitative estimate of drug-likeness (QED) is 0.863. The van der Waals surface area contributed by atoms with E-state index in [2.05, 4.69) is 28.4 Å². The Kier molecular flexibility index (Phi) is 4.51. The van der Waals surface area contributed by atoms with Crippen LogP contribution in [-0.4, -0.2) is 46.8 Å². The minimum Gasteiger partial charge on any atom is -0.490 e. The van der Waals surface area contributed by atoms with E-state index < -0.39 is 0 Å². The van der Waals surface area contributed by atoms with Gasteiger partial charge in [0.25, 0.3) is 0 Å². The van der Waals surface area contributed by atoms with Crippen LogP contribution >= 0.6 is 0 Å². The second kappa shape index (κ2) is 6.54. The predicted molar refractivity (Wildman–Crippen MR) is 83.2 cm³/mol. The van der Waals surface area contributed by atoms with Crippen LogP contribution in [0.4, 0.5) is 11.4 Å². The summed E-state index contributed by atoms with van der Waals surface area (Å²) in [5.74, 6) is 1.44. The van der Waals surface area contributed by atoms with Crippen LogP contribution < -0.4 is 15.0 Å². The highest BCUT2D eigenvalue weighted by Crippen LogP contribution is 2.34. The smallest absolute Gasteiger partial charge is 0.159 e. The van der Waals surface area contributed by atoms with E-state index in [1.165, 1.54) is 5.69 Å². The molecule has 2 aliphatic rings. The SMILES string of the molecule is COC(OC)C1CCN(c2ccc3c(c2)OCCN3)CC1. The van der Waals surface area contributed by atoms with Crippen LogP contribution in [0.1, 0.15) is 12.8 Å². The molecular weight excluding hydrogens is 268 g/mol. The lowest BCUT2D eigenvalue weighted by atomic mass is 9.95. The van der Waals surface area contributed by atoms with Crippen molar-refractivity contribution in [2.75, 3.05) is 50.7 Å². The van der Waals surface area contributed by atoms with Gasteiger partial charge in [-0.2, -0.15) is 0 Å². The van der Waals surface area contributed by atoms with Gasteiger partial charge in [0.1, 0.15) is 12.4 Å². The molecular formula is C16H24N2O3. The van der Waals surface area contributed by atoms with E-state index in [1.807, 2.05) is 0 Å². The zero-order valence-electron chi connectivity index (χ0n) is 12.8. The van der Waals surface area contributed by atoms with Crippen LogP contribution in [0, 0.1) is 5.92 Å². The second-order valence-electron chi connectivity index (χ2n) is 5.62. The third kappa shape index (κ3) is 3.09. The number of hydrogen-bond acceptors (Lipinski definition) is 5. The first-order chi connectivity index (χ1) is 10.3. The van der Waals surface area contributed by atoms with Gasteiger partial charge < -0.3 is 24.4 Å². The molecule has 116 valence electrons. The molecule has 0 spiro atoms. The molecule has 21 heavy (non-hydrogen) atoms. The molecule has 1 saturated heterocycles. The summed E-state index contributed by atoms with van der Waals surface area (Å²) in [6, 6.07) is 6.43. The number of methoxy groups -OCH3 is 2. The van der Waals surface area contributed by atoms with E-state index >= 15 is 0 Å². The van der Waals surface area contributed by atoms with Crippen molar-refractivity contribution in [2.45, 2.75) is 19.1 Å². The number of fused-ring (bicyclic) bond motifs is 1. The summed E-state index contributed by atoms with van der Waals surface area (Å²) >= 11 is 0. The van der Waals surface area contributed by atoms with E-state index in [0.29, 0.717) is 5.92 Å². The van der Waals surface area contributed by atoms with Gasteiger partial charge >= 0.3 is 0 Å². The fourth-order valence-electron chi connectivity index (χ4n) is 3.23. The number of hydrogen-bond donors (Lipinski definition) is 1. The van der Waals surface area contributed by atoms with Gasteiger partial charge in [-0.05, 0) is 25.0 Å². The average Bonchev–Trinajstić information content (AvgIpc) is 2.56. The zero-order valence-corrected chi connectivity index (χ0v) is 12.8. The molecule has 5 heteroatoms. The average molecular weight is 292 g/mol. The standard InChI is InChI=1S/C16H24N2O3/c1-19-16(20-2)12-5-8-18(9-6-12)13-3-4-14-15(11-13)21-10-7-17-14/h3-4,11-12,16-17H,5-10H2,1-2H3. The van der Waals surface area contributed by atoms with Gasteiger partial charge in [0.15, 0.2) is 6.29 Å². The topological polar surface area (TPSA) is 43.0 Å². The Morgan fingerprint density at radius 2 is 2.00 bits per heavy atom. The first kappa shape index (κ1) is 14.5. The Bertz CT molecular complexity index is 469. The molecule has 2 heterocycles. The van der Waals surface area contributed by atoms with Crippen molar-refractivity contribution in [3.05, 3.63) is 18.2 Å². The van der Waals surface area contributed by atoms with Gasteiger partial charge in [0.2, 0.25) is 0 Å². The van der Waals surface area contributed by atoms with Crippen LogP contribution in [0.3, 0.4) is 0 Å². The number of ether oxygens (including phenoxy) is 3. The van der Waals surface area contributed by atoms with Gasteiger partial charge in [-0.15, -0.1) is 0 Å². The summed E-state index contributed by atoms with van der Waals surface area (Å²) in [4.78, 5) is 2.41. The first-order valence-corrected chi connectivity index (χ1v) is 7.63. The Morgan fingerprint density at radius 3 is 2.71 bits per heavy atom. The lowest BCUT2D eigenvalue weighted by molar-refractivity contribution is -0.141. The zero-order chi connectivity index (χ0) is 14.7. The second-order valence-corrected chi connectivity index (χ2v) is 5.62. The van der Waals surface area contributed by atoms with Crippen LogP contribution in [-0.2, 0) is 9.47 Å². The number of rotatable bonds is 4.